The van der Waals surface area contributed by atoms with Gasteiger partial charge in [-0.25, -0.2) is 0 Å². The minimum atomic E-state index is 0.138. The number of hydrogen-bond acceptors (Lipinski definition) is 4. The van der Waals surface area contributed by atoms with E-state index >= 15 is 0 Å². The van der Waals surface area contributed by atoms with E-state index in [-0.39, 0.29) is 5.91 Å². The number of likely N-dealkylation sites (tertiary alicyclic amines) is 1. The van der Waals surface area contributed by atoms with Crippen molar-refractivity contribution in [1.82, 2.24) is 15.0 Å². The first kappa shape index (κ1) is 13.1. The highest BCUT2D eigenvalue weighted by atomic mass is 16.5. The first-order valence-electron chi connectivity index (χ1n) is 6.36. The van der Waals surface area contributed by atoms with Gasteiger partial charge in [0.2, 0.25) is 5.91 Å². The minimum absolute atomic E-state index is 0.138. The number of aryl methyl sites for hydroxylation is 2. The molecule has 0 aromatic carbocycles. The fourth-order valence-electron chi connectivity index (χ4n) is 2.48. The first-order valence-corrected chi connectivity index (χ1v) is 6.36. The highest BCUT2D eigenvalue weighted by molar-refractivity contribution is 5.73. The lowest BCUT2D eigenvalue weighted by Gasteiger charge is -2.23. The summed E-state index contributed by atoms with van der Waals surface area (Å²) in [7, 11) is 1.88. The number of carbonyl (C=O) groups is 1. The highest BCUT2D eigenvalue weighted by Gasteiger charge is 2.28. The second-order valence-electron chi connectivity index (χ2n) is 5.11. The molecule has 0 bridgehead atoms. The van der Waals surface area contributed by atoms with Crippen molar-refractivity contribution in [2.45, 2.75) is 39.8 Å². The summed E-state index contributed by atoms with van der Waals surface area (Å²) in [6.45, 7) is 8.36. The number of aromatic nitrogens is 1. The van der Waals surface area contributed by atoms with Gasteiger partial charge in [-0.05, 0) is 20.3 Å². The van der Waals surface area contributed by atoms with E-state index in [1.165, 1.54) is 5.56 Å². The summed E-state index contributed by atoms with van der Waals surface area (Å²) in [5.74, 6) is 1.04. The molecule has 0 aliphatic carbocycles. The normalized spacial score (nSPS) is 20.3. The van der Waals surface area contributed by atoms with Crippen LogP contribution in [-0.4, -0.2) is 47.0 Å². The molecule has 1 unspecified atom stereocenters. The van der Waals surface area contributed by atoms with Gasteiger partial charge in [-0.2, -0.15) is 0 Å². The quantitative estimate of drug-likeness (QED) is 0.813. The van der Waals surface area contributed by atoms with Crippen molar-refractivity contribution >= 4 is 5.91 Å². The van der Waals surface area contributed by atoms with Crippen LogP contribution in [-0.2, 0) is 11.3 Å². The number of amides is 1. The van der Waals surface area contributed by atoms with E-state index in [0.29, 0.717) is 6.04 Å². The van der Waals surface area contributed by atoms with Crippen molar-refractivity contribution in [1.29, 1.82) is 0 Å². The molecule has 1 aromatic rings. The molecule has 2 rings (SSSR count). The van der Waals surface area contributed by atoms with Gasteiger partial charge in [0, 0.05) is 45.2 Å². The Labute approximate surface area is 108 Å². The molecular weight excluding hydrogens is 230 g/mol. The molecule has 2 heterocycles. The average Bonchev–Trinajstić information content (AvgIpc) is 2.90. The van der Waals surface area contributed by atoms with Crippen LogP contribution >= 0.6 is 0 Å². The van der Waals surface area contributed by atoms with Gasteiger partial charge in [0.1, 0.15) is 5.76 Å². The van der Waals surface area contributed by atoms with Crippen molar-refractivity contribution < 1.29 is 9.32 Å². The summed E-state index contributed by atoms with van der Waals surface area (Å²) in [5.41, 5.74) is 2.15. The molecule has 18 heavy (non-hydrogen) atoms. The lowest BCUT2D eigenvalue weighted by Crippen LogP contribution is -2.37. The lowest BCUT2D eigenvalue weighted by atomic mass is 10.2. The predicted octanol–water partition coefficient (Wildman–Crippen LogP) is 1.34. The predicted molar refractivity (Wildman–Crippen MR) is 68.1 cm³/mol. The Morgan fingerprint density at radius 3 is 2.83 bits per heavy atom. The second kappa shape index (κ2) is 5.10. The SMILES string of the molecule is CC(=O)N(C)C1CCN(Cc2c(C)noc2C)C1. The summed E-state index contributed by atoms with van der Waals surface area (Å²) in [6.07, 6.45) is 1.04. The van der Waals surface area contributed by atoms with Crippen molar-refractivity contribution in [3.63, 3.8) is 0 Å². The van der Waals surface area contributed by atoms with Gasteiger partial charge in [0.25, 0.3) is 0 Å². The van der Waals surface area contributed by atoms with Gasteiger partial charge in [0.05, 0.1) is 5.69 Å². The number of likely N-dealkylation sites (N-methyl/N-ethyl adjacent to an activating group) is 1. The summed E-state index contributed by atoms with van der Waals surface area (Å²) < 4.78 is 5.18. The maximum Gasteiger partial charge on any atom is 0.219 e. The van der Waals surface area contributed by atoms with Crippen LogP contribution in [0.25, 0.3) is 0 Å². The molecule has 5 nitrogen and oxygen atoms in total. The van der Waals surface area contributed by atoms with E-state index in [2.05, 4.69) is 10.1 Å². The highest BCUT2D eigenvalue weighted by Crippen LogP contribution is 2.20. The van der Waals surface area contributed by atoms with Gasteiger partial charge in [-0.1, -0.05) is 5.16 Å². The molecule has 5 heteroatoms. The maximum absolute atomic E-state index is 11.3. The van der Waals surface area contributed by atoms with Crippen LogP contribution in [0.15, 0.2) is 4.52 Å². The molecule has 1 amide bonds. The monoisotopic (exact) mass is 251 g/mol. The number of rotatable bonds is 3. The van der Waals surface area contributed by atoms with Gasteiger partial charge in [-0.3, -0.25) is 9.69 Å². The zero-order chi connectivity index (χ0) is 13.3. The smallest absolute Gasteiger partial charge is 0.219 e. The molecule has 0 N–H and O–H groups in total. The van der Waals surface area contributed by atoms with Gasteiger partial charge in [-0.15, -0.1) is 0 Å². The Balaban J connectivity index is 1.96. The second-order valence-corrected chi connectivity index (χ2v) is 5.11. The molecule has 100 valence electrons. The standard InChI is InChI=1S/C13H21N3O2/c1-9-13(10(2)18-14-9)8-16-6-5-12(7-16)15(4)11(3)17/h12H,5-8H2,1-4H3. The Bertz CT molecular complexity index is 422. The van der Waals surface area contributed by atoms with Gasteiger partial charge >= 0.3 is 0 Å². The van der Waals surface area contributed by atoms with Gasteiger partial charge in [0.15, 0.2) is 0 Å². The van der Waals surface area contributed by atoms with E-state index in [1.807, 2.05) is 25.8 Å². The first-order chi connectivity index (χ1) is 8.49. The lowest BCUT2D eigenvalue weighted by molar-refractivity contribution is -0.129. The molecule has 1 aromatic heterocycles. The summed E-state index contributed by atoms with van der Waals surface area (Å²) in [5, 5.41) is 3.97. The fourth-order valence-corrected chi connectivity index (χ4v) is 2.48. The molecule has 1 aliphatic heterocycles. The molecule has 1 saturated heterocycles. The molecule has 1 aliphatic rings. The molecule has 1 atom stereocenters. The van der Waals surface area contributed by atoms with Gasteiger partial charge < -0.3 is 9.42 Å². The van der Waals surface area contributed by atoms with E-state index in [1.54, 1.807) is 6.92 Å². The van der Waals surface area contributed by atoms with Crippen molar-refractivity contribution in [2.24, 2.45) is 0 Å². The molecule has 0 saturated carbocycles. The molecular formula is C13H21N3O2. The van der Waals surface area contributed by atoms with Crippen molar-refractivity contribution in [2.75, 3.05) is 20.1 Å². The van der Waals surface area contributed by atoms with Crippen molar-refractivity contribution in [3.8, 4) is 0 Å². The zero-order valence-corrected chi connectivity index (χ0v) is 11.6. The third-order valence-corrected chi connectivity index (χ3v) is 3.85. The third-order valence-electron chi connectivity index (χ3n) is 3.85. The Kier molecular flexibility index (Phi) is 3.71. The summed E-state index contributed by atoms with van der Waals surface area (Å²) >= 11 is 0. The average molecular weight is 251 g/mol. The van der Waals surface area contributed by atoms with Crippen LogP contribution in [0.3, 0.4) is 0 Å². The van der Waals surface area contributed by atoms with E-state index < -0.39 is 0 Å². The molecule has 0 spiro atoms. The van der Waals surface area contributed by atoms with Crippen LogP contribution in [0, 0.1) is 13.8 Å². The number of hydrogen-bond donors (Lipinski definition) is 0. The van der Waals surface area contributed by atoms with E-state index in [9.17, 15) is 4.79 Å². The Morgan fingerprint density at radius 2 is 2.28 bits per heavy atom. The van der Waals surface area contributed by atoms with Crippen LogP contribution in [0.1, 0.15) is 30.4 Å². The fraction of sp³-hybridized carbons (Fsp3) is 0.692. The number of carbonyl (C=O) groups excluding carboxylic acids is 1. The third kappa shape index (κ3) is 2.56. The Hall–Kier alpha value is -1.36. The largest absolute Gasteiger partial charge is 0.361 e. The number of nitrogens with zero attached hydrogens (tertiary/aromatic N) is 3. The molecule has 1 fully saturated rings. The maximum atomic E-state index is 11.3. The van der Waals surface area contributed by atoms with Crippen LogP contribution in [0.5, 0.6) is 0 Å². The Morgan fingerprint density at radius 1 is 1.56 bits per heavy atom. The minimum Gasteiger partial charge on any atom is -0.361 e. The van der Waals surface area contributed by atoms with E-state index in [4.69, 9.17) is 4.52 Å². The van der Waals surface area contributed by atoms with Crippen LogP contribution in [0.2, 0.25) is 0 Å². The van der Waals surface area contributed by atoms with E-state index in [0.717, 1.165) is 37.5 Å². The topological polar surface area (TPSA) is 49.6 Å². The zero-order valence-electron chi connectivity index (χ0n) is 11.6. The summed E-state index contributed by atoms with van der Waals surface area (Å²) in [6, 6.07) is 0.336. The van der Waals surface area contributed by atoms with Crippen LogP contribution in [0.4, 0.5) is 0 Å². The van der Waals surface area contributed by atoms with Crippen molar-refractivity contribution in [3.05, 3.63) is 17.0 Å². The summed E-state index contributed by atoms with van der Waals surface area (Å²) in [4.78, 5) is 15.5. The molecule has 0 radical (unpaired) electrons. The van der Waals surface area contributed by atoms with Crippen LogP contribution < -0.4 is 0 Å².